The maximum absolute atomic E-state index is 14.0. The van der Waals surface area contributed by atoms with Gasteiger partial charge in [-0.1, -0.05) is 32.4 Å². The van der Waals surface area contributed by atoms with E-state index in [2.05, 4.69) is 5.32 Å². The summed E-state index contributed by atoms with van der Waals surface area (Å²) in [4.78, 5) is 0. The van der Waals surface area contributed by atoms with E-state index in [1.165, 1.54) is 13.0 Å². The molecule has 2 aromatic rings. The molecule has 2 atom stereocenters. The zero-order valence-corrected chi connectivity index (χ0v) is 23.5. The Kier molecular flexibility index (Phi) is 8.15. The number of aryl methyl sites for hydroxylation is 1. The Hall–Kier alpha value is -2.05. The average Bonchev–Trinajstić information content (AvgIpc) is 3.29. The number of nitrogens with one attached hydrogen (secondary N) is 1. The molecule has 1 aliphatic rings. The van der Waals surface area contributed by atoms with Crippen LogP contribution in [0, 0.1) is 6.92 Å². The van der Waals surface area contributed by atoms with Crippen LogP contribution < -0.4 is 5.32 Å². The van der Waals surface area contributed by atoms with Gasteiger partial charge in [0, 0.05) is 6.04 Å². The summed E-state index contributed by atoms with van der Waals surface area (Å²) in [6.45, 7) is 10.8. The van der Waals surface area contributed by atoms with Crippen molar-refractivity contribution in [3.8, 4) is 0 Å². The molecule has 2 nitrogen and oxygen atoms in total. The molecule has 0 saturated carbocycles. The fourth-order valence-corrected chi connectivity index (χ4v) is 6.16. The lowest BCUT2D eigenvalue weighted by molar-refractivity contribution is -0.143. The fourth-order valence-electron chi connectivity index (χ4n) is 4.68. The molecule has 1 saturated heterocycles. The summed E-state index contributed by atoms with van der Waals surface area (Å²) in [5.41, 5.74) is -6.76. The molecule has 0 aromatic heterocycles. The maximum Gasteiger partial charge on any atom is 0.416 e. The van der Waals surface area contributed by atoms with Crippen molar-refractivity contribution in [2.45, 2.75) is 88.8 Å². The van der Waals surface area contributed by atoms with Crippen LogP contribution in [-0.2, 0) is 28.6 Å². The van der Waals surface area contributed by atoms with E-state index in [0.717, 1.165) is 12.1 Å². The van der Waals surface area contributed by atoms with Gasteiger partial charge in [-0.2, -0.15) is 39.5 Å². The Morgan fingerprint density at radius 1 is 0.692 bits per heavy atom. The van der Waals surface area contributed by atoms with E-state index in [-0.39, 0.29) is 23.6 Å². The zero-order chi connectivity index (χ0) is 29.8. The number of hydrogen-bond donors (Lipinski definition) is 1. The zero-order valence-electron chi connectivity index (χ0n) is 22.5. The molecule has 2 aromatic carbocycles. The standard InChI is InChI=1S/C27H32F9NOSi/c1-16-10-17(12-19(11-16)25(28,29)30)24(22-8-7-9-37-22,38-39(5,6)23(2,3)4)18-13-20(26(31,32)33)15-21(14-18)27(34,35)36/h10-15,22,37H,7-9H2,1-6H3/t22?,24-/m0/s1. The van der Waals surface area contributed by atoms with Crippen molar-refractivity contribution in [2.75, 3.05) is 6.54 Å². The van der Waals surface area contributed by atoms with Crippen molar-refractivity contribution in [1.29, 1.82) is 0 Å². The third kappa shape index (κ3) is 6.48. The number of halogens is 9. The minimum Gasteiger partial charge on any atom is -0.402 e. The predicted molar refractivity (Wildman–Crippen MR) is 133 cm³/mol. The van der Waals surface area contributed by atoms with Gasteiger partial charge in [-0.25, -0.2) is 0 Å². The summed E-state index contributed by atoms with van der Waals surface area (Å²) in [5, 5.41) is 2.53. The summed E-state index contributed by atoms with van der Waals surface area (Å²) >= 11 is 0. The average molecular weight is 586 g/mol. The summed E-state index contributed by atoms with van der Waals surface area (Å²) in [6, 6.07) is 3.31. The number of benzene rings is 2. The number of rotatable bonds is 5. The topological polar surface area (TPSA) is 21.3 Å². The van der Waals surface area contributed by atoms with Crippen LogP contribution in [0.4, 0.5) is 39.5 Å². The van der Waals surface area contributed by atoms with Gasteiger partial charge in [-0.05, 0) is 85.9 Å². The van der Waals surface area contributed by atoms with Gasteiger partial charge in [0.2, 0.25) is 0 Å². The Bertz CT molecular complexity index is 1160. The van der Waals surface area contributed by atoms with E-state index >= 15 is 0 Å². The van der Waals surface area contributed by atoms with Gasteiger partial charge in [-0.15, -0.1) is 0 Å². The highest BCUT2D eigenvalue weighted by atomic mass is 28.4. The Labute approximate surface area is 223 Å². The second-order valence-corrected chi connectivity index (χ2v) is 16.4. The molecule has 0 radical (unpaired) electrons. The molecule has 1 fully saturated rings. The Morgan fingerprint density at radius 3 is 1.46 bits per heavy atom. The number of alkyl halides is 9. The monoisotopic (exact) mass is 585 g/mol. The first kappa shape index (κ1) is 31.5. The Morgan fingerprint density at radius 2 is 1.08 bits per heavy atom. The third-order valence-electron chi connectivity index (χ3n) is 7.62. The van der Waals surface area contributed by atoms with Crippen LogP contribution in [0.15, 0.2) is 36.4 Å². The van der Waals surface area contributed by atoms with E-state index in [1.807, 2.05) is 20.8 Å². The van der Waals surface area contributed by atoms with Gasteiger partial charge in [0.15, 0.2) is 8.32 Å². The van der Waals surface area contributed by atoms with E-state index in [0.29, 0.717) is 25.1 Å². The molecule has 39 heavy (non-hydrogen) atoms. The molecule has 1 aliphatic heterocycles. The van der Waals surface area contributed by atoms with Crippen molar-refractivity contribution < 1.29 is 43.9 Å². The summed E-state index contributed by atoms with van der Waals surface area (Å²) in [5.74, 6) is 0. The van der Waals surface area contributed by atoms with E-state index in [4.69, 9.17) is 4.43 Å². The lowest BCUT2D eigenvalue weighted by atomic mass is 9.77. The molecule has 3 rings (SSSR count). The molecule has 0 amide bonds. The highest BCUT2D eigenvalue weighted by molar-refractivity contribution is 6.74. The van der Waals surface area contributed by atoms with Crippen LogP contribution in [0.2, 0.25) is 18.1 Å². The normalized spacial score (nSPS) is 19.3. The smallest absolute Gasteiger partial charge is 0.402 e. The van der Waals surface area contributed by atoms with Gasteiger partial charge in [-0.3, -0.25) is 0 Å². The van der Waals surface area contributed by atoms with Crippen LogP contribution in [0.3, 0.4) is 0 Å². The summed E-state index contributed by atoms with van der Waals surface area (Å²) in [7, 11) is -3.06. The largest absolute Gasteiger partial charge is 0.416 e. The van der Waals surface area contributed by atoms with Crippen LogP contribution in [0.25, 0.3) is 0 Å². The van der Waals surface area contributed by atoms with Crippen molar-refractivity contribution in [3.63, 3.8) is 0 Å². The first-order valence-corrected chi connectivity index (χ1v) is 15.3. The first-order chi connectivity index (χ1) is 17.5. The second-order valence-electron chi connectivity index (χ2n) is 11.6. The maximum atomic E-state index is 14.0. The van der Waals surface area contributed by atoms with Gasteiger partial charge in [0.25, 0.3) is 0 Å². The predicted octanol–water partition coefficient (Wildman–Crippen LogP) is 9.07. The van der Waals surface area contributed by atoms with Crippen molar-refractivity contribution in [1.82, 2.24) is 5.32 Å². The van der Waals surface area contributed by atoms with Crippen molar-refractivity contribution in [2.24, 2.45) is 0 Å². The molecule has 12 heteroatoms. The van der Waals surface area contributed by atoms with Crippen molar-refractivity contribution >= 4 is 8.32 Å². The SMILES string of the molecule is Cc1cc(C(F)(F)F)cc([C@](O[Si](C)(C)C(C)(C)C)(c2cc(C(F)(F)F)cc(C(F)(F)F)c2)C2CCCN2)c1. The summed E-state index contributed by atoms with van der Waals surface area (Å²) in [6.07, 6.45) is -14.3. The number of hydrogen-bond acceptors (Lipinski definition) is 2. The minimum absolute atomic E-state index is 0.0139. The third-order valence-corrected chi connectivity index (χ3v) is 12.1. The molecule has 0 aliphatic carbocycles. The molecule has 1 unspecified atom stereocenters. The second kappa shape index (κ2) is 10.1. The minimum atomic E-state index is -5.15. The molecule has 1 heterocycles. The van der Waals surface area contributed by atoms with E-state index in [1.54, 1.807) is 13.1 Å². The molecular weight excluding hydrogens is 553 g/mol. The van der Waals surface area contributed by atoms with E-state index in [9.17, 15) is 39.5 Å². The Balaban J connectivity index is 2.55. The van der Waals surface area contributed by atoms with E-state index < -0.39 is 65.8 Å². The van der Waals surface area contributed by atoms with Crippen LogP contribution in [0.1, 0.15) is 67.0 Å². The van der Waals surface area contributed by atoms with Gasteiger partial charge in [0.1, 0.15) is 5.60 Å². The lowest BCUT2D eigenvalue weighted by Gasteiger charge is -2.49. The molecular formula is C27H32F9NOSi. The highest BCUT2D eigenvalue weighted by Crippen LogP contribution is 2.50. The quantitative estimate of drug-likeness (QED) is 0.279. The fraction of sp³-hybridized carbons (Fsp3) is 0.556. The van der Waals surface area contributed by atoms with Crippen LogP contribution in [-0.4, -0.2) is 20.9 Å². The van der Waals surface area contributed by atoms with Crippen LogP contribution in [0.5, 0.6) is 0 Å². The summed E-state index contributed by atoms with van der Waals surface area (Å²) < 4.78 is 132. The molecule has 1 N–H and O–H groups in total. The molecule has 218 valence electrons. The van der Waals surface area contributed by atoms with Gasteiger partial charge in [0.05, 0.1) is 16.7 Å². The van der Waals surface area contributed by atoms with Crippen LogP contribution >= 0.6 is 0 Å². The molecule has 0 spiro atoms. The van der Waals surface area contributed by atoms with Gasteiger partial charge >= 0.3 is 18.5 Å². The van der Waals surface area contributed by atoms with Crippen molar-refractivity contribution in [3.05, 3.63) is 69.8 Å². The molecule has 0 bridgehead atoms. The van der Waals surface area contributed by atoms with Gasteiger partial charge < -0.3 is 9.74 Å². The first-order valence-electron chi connectivity index (χ1n) is 12.4. The lowest BCUT2D eigenvalue weighted by Crippen LogP contribution is -2.56. The highest BCUT2D eigenvalue weighted by Gasteiger charge is 2.53.